The Hall–Kier alpha value is 1.25. The molecule has 0 rings (SSSR count). The molecule has 0 heterocycles. The zero-order chi connectivity index (χ0) is 4.99. The lowest BCUT2D eigenvalue weighted by atomic mass is 11.0. The van der Waals surface area contributed by atoms with Crippen LogP contribution in [0.15, 0.2) is 0 Å². The summed E-state index contributed by atoms with van der Waals surface area (Å²) in [6.45, 7) is 4.82. The van der Waals surface area contributed by atoms with Crippen molar-refractivity contribution in [1.82, 2.24) is 0 Å². The van der Waals surface area contributed by atoms with Crippen LogP contribution in [0.3, 0.4) is 0 Å². The number of halogens is 1. The Morgan fingerprint density at radius 1 is 1.29 bits per heavy atom. The summed E-state index contributed by atoms with van der Waals surface area (Å²) in [7, 11) is 0. The van der Waals surface area contributed by atoms with E-state index < -0.39 is 0 Å². The predicted molar refractivity (Wildman–Crippen MR) is 41.0 cm³/mol. The molecule has 0 aromatic carbocycles. The molecule has 0 N–H and O–H groups in total. The molecule has 0 unspecified atom stereocenters. The largest absolute Gasteiger partial charge is 0.201 e. The Morgan fingerprint density at radius 3 is 1.57 bits per heavy atom. The van der Waals surface area contributed by atoms with Gasteiger partial charge >= 0.3 is 0 Å². The highest BCUT2D eigenvalue weighted by molar-refractivity contribution is 7.82. The van der Waals surface area contributed by atoms with E-state index in [1.54, 1.807) is 0 Å². The maximum atomic E-state index is 2.87. The van der Waals surface area contributed by atoms with Crippen LogP contribution in [0.25, 0.3) is 0 Å². The van der Waals surface area contributed by atoms with Crippen LogP contribution >= 0.6 is 19.0 Å². The SMILES string of the molecule is CC[P]([Al])CC.Cl. The van der Waals surface area contributed by atoms with E-state index in [1.165, 1.54) is 12.3 Å². The summed E-state index contributed by atoms with van der Waals surface area (Å²) in [4.78, 5) is 0. The second-order valence-electron chi connectivity index (χ2n) is 1.22. The van der Waals surface area contributed by atoms with E-state index in [2.05, 4.69) is 29.7 Å². The first kappa shape index (κ1) is 11.1. The van der Waals surface area contributed by atoms with Gasteiger partial charge in [0.15, 0.2) is 15.8 Å². The van der Waals surface area contributed by atoms with E-state index in [-0.39, 0.29) is 12.4 Å². The summed E-state index contributed by atoms with van der Waals surface area (Å²) in [5.41, 5.74) is 0. The van der Waals surface area contributed by atoms with E-state index >= 15 is 0 Å². The smallest absolute Gasteiger partial charge is 0.171 e. The van der Waals surface area contributed by atoms with Crippen molar-refractivity contribution >= 4 is 34.8 Å². The van der Waals surface area contributed by atoms with Gasteiger partial charge in [-0.1, -0.05) is 26.2 Å². The van der Waals surface area contributed by atoms with Crippen molar-refractivity contribution in [3.05, 3.63) is 0 Å². The summed E-state index contributed by atoms with van der Waals surface area (Å²) in [6, 6.07) is 0. The summed E-state index contributed by atoms with van der Waals surface area (Å²) >= 11 is 2.87. The summed E-state index contributed by atoms with van der Waals surface area (Å²) < 4.78 is 0. The van der Waals surface area contributed by atoms with E-state index in [1.807, 2.05) is 0 Å². The standard InChI is InChI=1S/C4H10P.Al.ClH/c1-3-5-4-2;;/h3-4H2,1-2H3;;1H/q-1;+1;. The van der Waals surface area contributed by atoms with Gasteiger partial charge in [-0.05, 0) is 0 Å². The van der Waals surface area contributed by atoms with Crippen molar-refractivity contribution in [3.8, 4) is 0 Å². The molecule has 0 saturated carbocycles. The Morgan fingerprint density at radius 2 is 1.57 bits per heavy atom. The lowest BCUT2D eigenvalue weighted by Gasteiger charge is -2.02. The van der Waals surface area contributed by atoms with Crippen LogP contribution in [0.2, 0.25) is 0 Å². The van der Waals surface area contributed by atoms with Crippen LogP contribution in [0.4, 0.5) is 0 Å². The van der Waals surface area contributed by atoms with Gasteiger partial charge in [-0.25, -0.2) is 6.57 Å². The van der Waals surface area contributed by atoms with Gasteiger partial charge < -0.3 is 0 Å². The predicted octanol–water partition coefficient (Wildman–Crippen LogP) is 2.01. The molecule has 0 atom stereocenters. The van der Waals surface area contributed by atoms with Crippen molar-refractivity contribution < 1.29 is 0 Å². The van der Waals surface area contributed by atoms with Crippen molar-refractivity contribution in [2.75, 3.05) is 12.3 Å². The lowest BCUT2D eigenvalue weighted by molar-refractivity contribution is 1.44. The highest BCUT2D eigenvalue weighted by atomic mass is 35.5. The third kappa shape index (κ3) is 7.25. The monoisotopic (exact) mass is 152 g/mol. The summed E-state index contributed by atoms with van der Waals surface area (Å²) in [5.74, 6) is 0. The van der Waals surface area contributed by atoms with Crippen molar-refractivity contribution in [2.24, 2.45) is 0 Å². The second-order valence-corrected chi connectivity index (χ2v) is 5.85. The third-order valence-electron chi connectivity index (χ3n) is 0.812. The van der Waals surface area contributed by atoms with E-state index in [0.717, 1.165) is 0 Å². The number of rotatable bonds is 2. The van der Waals surface area contributed by atoms with Gasteiger partial charge in [-0.3, -0.25) is 0 Å². The minimum absolute atomic E-state index is 0. The second kappa shape index (κ2) is 7.25. The van der Waals surface area contributed by atoms with E-state index in [0.29, 0.717) is 6.57 Å². The maximum Gasteiger partial charge on any atom is 0.171 e. The van der Waals surface area contributed by atoms with Crippen LogP contribution < -0.4 is 0 Å². The van der Waals surface area contributed by atoms with E-state index in [9.17, 15) is 0 Å². The van der Waals surface area contributed by atoms with Crippen LogP contribution in [0.1, 0.15) is 13.8 Å². The molecule has 2 radical (unpaired) electrons. The van der Waals surface area contributed by atoms with Gasteiger partial charge in [0.05, 0.1) is 0 Å². The van der Waals surface area contributed by atoms with Gasteiger partial charge in [0.25, 0.3) is 0 Å². The molecular weight excluding hydrogens is 141 g/mol. The van der Waals surface area contributed by atoms with Crippen LogP contribution in [-0.4, -0.2) is 28.2 Å². The van der Waals surface area contributed by atoms with Gasteiger partial charge in [0.1, 0.15) is 0 Å². The first-order valence-electron chi connectivity index (χ1n) is 2.30. The zero-order valence-electron chi connectivity index (χ0n) is 4.85. The molecule has 0 aliphatic heterocycles. The lowest BCUT2D eigenvalue weighted by Crippen LogP contribution is -1.77. The minimum atomic E-state index is 0. The quantitative estimate of drug-likeness (QED) is 0.420. The molecule has 0 saturated heterocycles. The van der Waals surface area contributed by atoms with Crippen molar-refractivity contribution in [1.29, 1.82) is 0 Å². The molecule has 0 aromatic rings. The fraction of sp³-hybridized carbons (Fsp3) is 1.00. The molecular formula is C4H11AlClP. The molecule has 0 nitrogen and oxygen atoms in total. The van der Waals surface area contributed by atoms with Crippen LogP contribution in [0, 0.1) is 0 Å². The fourth-order valence-electron chi connectivity index (χ4n) is 0.224. The highest BCUT2D eigenvalue weighted by Crippen LogP contribution is 2.25. The summed E-state index contributed by atoms with van der Waals surface area (Å²) in [6.07, 6.45) is 2.72. The molecule has 0 fully saturated rings. The van der Waals surface area contributed by atoms with Gasteiger partial charge in [0, 0.05) is 0 Å². The Kier molecular flexibility index (Phi) is 11.5. The van der Waals surface area contributed by atoms with Crippen molar-refractivity contribution in [2.45, 2.75) is 13.8 Å². The van der Waals surface area contributed by atoms with E-state index in [4.69, 9.17) is 0 Å². The normalized spacial score (nSPS) is 8.43. The van der Waals surface area contributed by atoms with Gasteiger partial charge in [-0.15, -0.1) is 12.4 Å². The molecule has 0 spiro atoms. The Balaban J connectivity index is 0. The number of hydrogen-bond acceptors (Lipinski definition) is 0. The molecule has 3 heteroatoms. The average molecular weight is 153 g/mol. The molecule has 0 aliphatic carbocycles. The molecule has 0 aliphatic rings. The minimum Gasteiger partial charge on any atom is -0.201 e. The summed E-state index contributed by atoms with van der Waals surface area (Å²) in [5, 5.41) is 0. The topological polar surface area (TPSA) is 0 Å². The first-order chi connectivity index (χ1) is 2.81. The molecule has 0 bridgehead atoms. The first-order valence-corrected chi connectivity index (χ1v) is 5.64. The molecule has 0 amide bonds. The molecule has 0 aromatic heterocycles. The third-order valence-corrected chi connectivity index (χ3v) is 4.63. The van der Waals surface area contributed by atoms with Crippen LogP contribution in [-0.2, 0) is 0 Å². The number of hydrogen-bond donors (Lipinski definition) is 0. The van der Waals surface area contributed by atoms with Crippen LogP contribution in [0.5, 0.6) is 0 Å². The van der Waals surface area contributed by atoms with Crippen molar-refractivity contribution in [3.63, 3.8) is 0 Å². The average Bonchev–Trinajstić information content (AvgIpc) is 1.65. The zero-order valence-corrected chi connectivity index (χ0v) is 7.71. The highest BCUT2D eigenvalue weighted by Gasteiger charge is 1.85. The van der Waals surface area contributed by atoms with Gasteiger partial charge in [0.2, 0.25) is 0 Å². The Labute approximate surface area is 61.2 Å². The molecule has 42 valence electrons. The van der Waals surface area contributed by atoms with Gasteiger partial charge in [-0.2, -0.15) is 0 Å². The fourth-order valence-corrected chi connectivity index (χ4v) is 0.671. The maximum absolute atomic E-state index is 2.87. The Bertz CT molecular complexity index is 30.9. The molecule has 7 heavy (non-hydrogen) atoms.